The molecule has 2 aliphatic carbocycles. The summed E-state index contributed by atoms with van der Waals surface area (Å²) in [4.78, 5) is 5.13. The highest BCUT2D eigenvalue weighted by molar-refractivity contribution is 7.99. The fourth-order valence-corrected chi connectivity index (χ4v) is 15.0. The largest absolute Gasteiger partial charge is 0.457 e. The summed E-state index contributed by atoms with van der Waals surface area (Å²) in [7, 11) is 0. The fourth-order valence-electron chi connectivity index (χ4n) is 13.8. The molecule has 390 valence electrons. The van der Waals surface area contributed by atoms with Crippen LogP contribution in [-0.4, -0.2) is 0 Å². The molecule has 14 rings (SSSR count). The number of ether oxygens (including phenoxy) is 1. The molecule has 0 saturated carbocycles. The second kappa shape index (κ2) is 17.0. The molecule has 0 atom stereocenters. The smallest absolute Gasteiger partial charge is 0.132 e. The van der Waals surface area contributed by atoms with Gasteiger partial charge in [0.1, 0.15) is 11.5 Å². The van der Waals surface area contributed by atoms with Crippen molar-refractivity contribution in [3.05, 3.63) is 267 Å². The van der Waals surface area contributed by atoms with E-state index in [1.165, 1.54) is 104 Å². The van der Waals surface area contributed by atoms with Crippen molar-refractivity contribution < 1.29 is 4.74 Å². The number of hydrogen-bond acceptors (Lipinski definition) is 3. The van der Waals surface area contributed by atoms with Gasteiger partial charge in [0.2, 0.25) is 0 Å². The molecule has 0 aromatic heterocycles. The predicted molar refractivity (Wildman–Crippen MR) is 332 cm³/mol. The first-order valence-electron chi connectivity index (χ1n) is 28.4. The van der Waals surface area contributed by atoms with Gasteiger partial charge in [-0.2, -0.15) is 0 Å². The molecule has 3 heteroatoms. The van der Waals surface area contributed by atoms with Crippen molar-refractivity contribution in [1.82, 2.24) is 0 Å². The Morgan fingerprint density at radius 3 is 1.29 bits per heavy atom. The van der Waals surface area contributed by atoms with E-state index in [4.69, 9.17) is 4.74 Å². The van der Waals surface area contributed by atoms with Gasteiger partial charge in [0.15, 0.2) is 0 Å². The van der Waals surface area contributed by atoms with Gasteiger partial charge in [-0.25, -0.2) is 0 Å². The fraction of sp³-hybridized carbons (Fsp3) is 0.237. The molecule has 0 radical (unpaired) electrons. The summed E-state index contributed by atoms with van der Waals surface area (Å²) in [6.07, 6.45) is 0. The van der Waals surface area contributed by atoms with Gasteiger partial charge in [0, 0.05) is 37.7 Å². The zero-order valence-corrected chi connectivity index (χ0v) is 48.6. The molecule has 0 amide bonds. The summed E-state index contributed by atoms with van der Waals surface area (Å²) >= 11 is 1.91. The van der Waals surface area contributed by atoms with Crippen molar-refractivity contribution in [3.8, 4) is 33.8 Å². The van der Waals surface area contributed by atoms with Gasteiger partial charge in [-0.3, -0.25) is 0 Å². The minimum Gasteiger partial charge on any atom is -0.457 e. The quantitative estimate of drug-likeness (QED) is 0.175. The number of para-hydroxylation sites is 1. The average Bonchev–Trinajstić information content (AvgIpc) is 2.35. The molecular weight excluding hydrogens is 975 g/mol. The van der Waals surface area contributed by atoms with Gasteiger partial charge in [0.05, 0.1) is 16.5 Å². The van der Waals surface area contributed by atoms with Crippen LogP contribution in [0, 0.1) is 0 Å². The number of hydrogen-bond donors (Lipinski definition) is 0. The van der Waals surface area contributed by atoms with Gasteiger partial charge in [-0.05, 0) is 160 Å². The maximum absolute atomic E-state index is 7.19. The van der Waals surface area contributed by atoms with E-state index in [2.05, 4.69) is 288 Å². The van der Waals surface area contributed by atoms with Gasteiger partial charge in [0.25, 0.3) is 0 Å². The van der Waals surface area contributed by atoms with E-state index in [1.54, 1.807) is 0 Å². The Labute approximate surface area is 472 Å². The van der Waals surface area contributed by atoms with Crippen LogP contribution in [0.2, 0.25) is 0 Å². The van der Waals surface area contributed by atoms with Crippen LogP contribution < -0.4 is 9.64 Å². The third kappa shape index (κ3) is 7.24. The van der Waals surface area contributed by atoms with Crippen LogP contribution >= 0.6 is 11.8 Å². The second-order valence-electron chi connectivity index (χ2n) is 26.9. The highest BCUT2D eigenvalue weighted by Gasteiger charge is 2.54. The summed E-state index contributed by atoms with van der Waals surface area (Å²) in [6, 6.07) is 77.5. The molecule has 0 unspecified atom stereocenters. The summed E-state index contributed by atoms with van der Waals surface area (Å²) < 4.78 is 7.19. The molecule has 2 spiro atoms. The number of anilines is 3. The minimum absolute atomic E-state index is 0.0582. The van der Waals surface area contributed by atoms with E-state index in [0.717, 1.165) is 34.1 Å². The summed E-state index contributed by atoms with van der Waals surface area (Å²) in [5.74, 6) is 1.77. The summed E-state index contributed by atoms with van der Waals surface area (Å²) in [5.41, 5.74) is 22.5. The maximum atomic E-state index is 7.19. The highest BCUT2D eigenvalue weighted by atomic mass is 32.2. The Bertz CT molecular complexity index is 3840. The lowest BCUT2D eigenvalue weighted by Crippen LogP contribution is -2.33. The number of nitrogens with zero attached hydrogens (tertiary/aromatic N) is 1. The van der Waals surface area contributed by atoms with Crippen LogP contribution in [0.5, 0.6) is 11.5 Å². The molecule has 79 heavy (non-hydrogen) atoms. The SMILES string of the molecule is CC(C)(C)c1ccc2c(c1)C1(c3ccccc3Oc3ccc(N(c4ccc5c(c4)C4(c6ccccc6S5)c5cc(C(C)(C)C)ccc5-c5ccc(C(C)(C)C)cc54)c4cccc5ccccc45)cc31)c1cc(C(C)(C)C)ccc1-2. The Kier molecular flexibility index (Phi) is 10.7. The summed E-state index contributed by atoms with van der Waals surface area (Å²) in [6.45, 7) is 28.1. The molecule has 10 aromatic rings. The number of benzene rings is 10. The highest BCUT2D eigenvalue weighted by Crippen LogP contribution is 2.66. The molecular formula is C76H69NOS. The number of fused-ring (bicyclic) bond motifs is 19. The van der Waals surface area contributed by atoms with E-state index < -0.39 is 10.8 Å². The normalized spacial score (nSPS) is 15.1. The van der Waals surface area contributed by atoms with E-state index in [-0.39, 0.29) is 21.7 Å². The van der Waals surface area contributed by atoms with Crippen molar-refractivity contribution in [3.63, 3.8) is 0 Å². The first-order valence-corrected chi connectivity index (χ1v) is 29.2. The lowest BCUT2D eigenvalue weighted by Gasteiger charge is -2.42. The van der Waals surface area contributed by atoms with E-state index >= 15 is 0 Å². The Morgan fingerprint density at radius 2 is 0.747 bits per heavy atom. The topological polar surface area (TPSA) is 12.5 Å². The standard InChI is InChI=1S/C76H69NOS/c1-71(2,3)47-28-34-54-55-35-29-48(72(4,5)6)41-61(55)75(60(54)40-47)58-23-15-17-26-67(58)78-68-38-32-51(44-64(68)75)77(66-25-19-21-46-20-13-14-22-53(46)66)52-33-39-70-65(45-52)76(59-24-16-18-27-69(59)79-70)62-42-49(73(7,8)9)30-36-56(62)57-37-31-50(43-63(57)76)74(10,11)12/h13-45H,1-12H3. The van der Waals surface area contributed by atoms with Crippen molar-refractivity contribution >= 4 is 39.6 Å². The van der Waals surface area contributed by atoms with Gasteiger partial charge >= 0.3 is 0 Å². The number of rotatable bonds is 3. The van der Waals surface area contributed by atoms with Crippen molar-refractivity contribution in [2.75, 3.05) is 4.90 Å². The first kappa shape index (κ1) is 49.7. The van der Waals surface area contributed by atoms with Crippen LogP contribution in [0.15, 0.2) is 210 Å². The van der Waals surface area contributed by atoms with Gasteiger partial charge in [-0.1, -0.05) is 240 Å². The molecule has 0 bridgehead atoms. The van der Waals surface area contributed by atoms with Crippen LogP contribution in [0.4, 0.5) is 17.1 Å². The molecule has 2 aliphatic heterocycles. The van der Waals surface area contributed by atoms with Crippen LogP contribution in [-0.2, 0) is 32.5 Å². The predicted octanol–water partition coefficient (Wildman–Crippen LogP) is 20.8. The second-order valence-corrected chi connectivity index (χ2v) is 28.0. The van der Waals surface area contributed by atoms with E-state index in [1.807, 2.05) is 11.8 Å². The molecule has 0 N–H and O–H groups in total. The summed E-state index contributed by atoms with van der Waals surface area (Å²) in [5, 5.41) is 2.38. The van der Waals surface area contributed by atoms with Crippen molar-refractivity contribution in [2.24, 2.45) is 0 Å². The monoisotopic (exact) mass is 1040 g/mol. The minimum atomic E-state index is -0.690. The zero-order chi connectivity index (χ0) is 54.8. The van der Waals surface area contributed by atoms with E-state index in [0.29, 0.717) is 0 Å². The van der Waals surface area contributed by atoms with Crippen LogP contribution in [0.3, 0.4) is 0 Å². The maximum Gasteiger partial charge on any atom is 0.132 e. The average molecular weight is 1040 g/mol. The van der Waals surface area contributed by atoms with Crippen LogP contribution in [0.1, 0.15) is 150 Å². The molecule has 2 nitrogen and oxygen atoms in total. The van der Waals surface area contributed by atoms with E-state index in [9.17, 15) is 0 Å². The van der Waals surface area contributed by atoms with Gasteiger partial charge < -0.3 is 9.64 Å². The molecule has 4 aliphatic rings. The Hall–Kier alpha value is -7.59. The van der Waals surface area contributed by atoms with Gasteiger partial charge in [-0.15, -0.1) is 0 Å². The Morgan fingerprint density at radius 1 is 0.329 bits per heavy atom. The lowest BCUT2D eigenvalue weighted by atomic mass is 9.65. The van der Waals surface area contributed by atoms with Crippen molar-refractivity contribution in [1.29, 1.82) is 0 Å². The molecule has 0 fully saturated rings. The van der Waals surface area contributed by atoms with Crippen LogP contribution in [0.25, 0.3) is 33.0 Å². The first-order chi connectivity index (χ1) is 37.7. The third-order valence-corrected chi connectivity index (χ3v) is 19.2. The molecule has 10 aromatic carbocycles. The lowest BCUT2D eigenvalue weighted by molar-refractivity contribution is 0.436. The van der Waals surface area contributed by atoms with Crippen molar-refractivity contribution in [2.45, 2.75) is 125 Å². The molecule has 0 saturated heterocycles. The zero-order valence-electron chi connectivity index (χ0n) is 47.8. The Balaban J connectivity index is 1.08. The third-order valence-electron chi connectivity index (χ3n) is 18.0. The molecule has 2 heterocycles.